The Hall–Kier alpha value is -1.06. The fourth-order valence-corrected chi connectivity index (χ4v) is 0.851. The number of rotatable bonds is 0. The first-order chi connectivity index (χ1) is 4.70. The summed E-state index contributed by atoms with van der Waals surface area (Å²) >= 11 is 0. The fraction of sp³-hybridized carbons (Fsp3) is 0.500. The maximum atomic E-state index is 10.6. The van der Waals surface area contributed by atoms with E-state index in [1.54, 1.807) is 0 Å². The van der Waals surface area contributed by atoms with Crippen molar-refractivity contribution in [2.24, 2.45) is 0 Å². The summed E-state index contributed by atoms with van der Waals surface area (Å²) in [5.41, 5.74) is 0. The molecule has 2 amide bonds. The van der Waals surface area contributed by atoms with Crippen LogP contribution in [0.2, 0.25) is 0 Å². The van der Waals surface area contributed by atoms with Crippen molar-refractivity contribution in [1.29, 1.82) is 0 Å². The topological polar surface area (TPSA) is 49.4 Å². The minimum absolute atomic E-state index is 0.108. The monoisotopic (exact) mass is 141 g/mol. The highest BCUT2D eigenvalue weighted by molar-refractivity contribution is 5.87. The summed E-state index contributed by atoms with van der Waals surface area (Å²) in [5, 5.41) is 2.61. The van der Waals surface area contributed by atoms with Gasteiger partial charge in [0.15, 0.2) is 0 Å². The SMILES string of the molecule is [CH2]C(=O)N1CCNC(=O)C1. The molecule has 10 heavy (non-hydrogen) atoms. The first kappa shape index (κ1) is 7.05. The lowest BCUT2D eigenvalue weighted by atomic mass is 10.3. The molecule has 0 aliphatic carbocycles. The first-order valence-electron chi connectivity index (χ1n) is 3.07. The zero-order chi connectivity index (χ0) is 7.56. The third-order valence-corrected chi connectivity index (χ3v) is 1.39. The summed E-state index contributed by atoms with van der Waals surface area (Å²) in [5.74, 6) is -0.391. The fourth-order valence-electron chi connectivity index (χ4n) is 0.851. The van der Waals surface area contributed by atoms with Crippen molar-refractivity contribution >= 4 is 11.8 Å². The molecule has 4 nitrogen and oxygen atoms in total. The Morgan fingerprint density at radius 2 is 2.40 bits per heavy atom. The van der Waals surface area contributed by atoms with E-state index in [4.69, 9.17) is 0 Å². The second kappa shape index (κ2) is 2.68. The molecule has 1 aliphatic rings. The van der Waals surface area contributed by atoms with E-state index in [9.17, 15) is 9.59 Å². The average Bonchev–Trinajstić information content (AvgIpc) is 1.88. The Kier molecular flexibility index (Phi) is 1.89. The molecule has 1 aliphatic heterocycles. The van der Waals surface area contributed by atoms with Crippen LogP contribution in [0.4, 0.5) is 0 Å². The van der Waals surface area contributed by atoms with Gasteiger partial charge in [0.1, 0.15) is 0 Å². The molecule has 1 radical (unpaired) electrons. The number of hydrogen-bond acceptors (Lipinski definition) is 2. The second-order valence-corrected chi connectivity index (χ2v) is 2.17. The third-order valence-electron chi connectivity index (χ3n) is 1.39. The first-order valence-corrected chi connectivity index (χ1v) is 3.07. The Morgan fingerprint density at radius 3 is 2.80 bits per heavy atom. The van der Waals surface area contributed by atoms with E-state index in [2.05, 4.69) is 12.2 Å². The quantitative estimate of drug-likeness (QED) is 0.459. The average molecular weight is 141 g/mol. The van der Waals surface area contributed by atoms with Gasteiger partial charge in [-0.05, 0) is 0 Å². The minimum atomic E-state index is -0.283. The molecule has 0 atom stereocenters. The molecule has 1 saturated heterocycles. The standard InChI is InChI=1S/C6H9N2O2/c1-5(9)8-3-2-7-6(10)4-8/h1-4H2,(H,7,10). The van der Waals surface area contributed by atoms with Crippen LogP contribution < -0.4 is 5.32 Å². The van der Waals surface area contributed by atoms with Crippen molar-refractivity contribution in [2.45, 2.75) is 0 Å². The van der Waals surface area contributed by atoms with Crippen molar-refractivity contribution in [2.75, 3.05) is 19.6 Å². The summed E-state index contributed by atoms with van der Waals surface area (Å²) in [6.45, 7) is 4.48. The summed E-state index contributed by atoms with van der Waals surface area (Å²) < 4.78 is 0. The summed E-state index contributed by atoms with van der Waals surface area (Å²) in [6.07, 6.45) is 0. The van der Waals surface area contributed by atoms with E-state index in [0.29, 0.717) is 13.1 Å². The number of carbonyl (C=O) groups is 2. The van der Waals surface area contributed by atoms with E-state index in [-0.39, 0.29) is 18.4 Å². The van der Waals surface area contributed by atoms with Gasteiger partial charge in [-0.2, -0.15) is 0 Å². The van der Waals surface area contributed by atoms with E-state index >= 15 is 0 Å². The third kappa shape index (κ3) is 1.46. The number of nitrogens with zero attached hydrogens (tertiary/aromatic N) is 1. The van der Waals surface area contributed by atoms with Crippen LogP contribution in [-0.4, -0.2) is 36.3 Å². The number of hydrogen-bond donors (Lipinski definition) is 1. The molecular formula is C6H9N2O2. The highest BCUT2D eigenvalue weighted by atomic mass is 16.2. The van der Waals surface area contributed by atoms with Crippen LogP contribution in [0, 0.1) is 6.92 Å². The highest BCUT2D eigenvalue weighted by Crippen LogP contribution is 1.92. The van der Waals surface area contributed by atoms with Crippen LogP contribution in [0.3, 0.4) is 0 Å². The van der Waals surface area contributed by atoms with Crippen LogP contribution in [0.15, 0.2) is 0 Å². The van der Waals surface area contributed by atoms with Gasteiger partial charge >= 0.3 is 0 Å². The lowest BCUT2D eigenvalue weighted by Crippen LogP contribution is -2.49. The van der Waals surface area contributed by atoms with E-state index in [1.165, 1.54) is 4.90 Å². The molecule has 4 heteroatoms. The van der Waals surface area contributed by atoms with Crippen LogP contribution >= 0.6 is 0 Å². The maximum Gasteiger partial charge on any atom is 0.239 e. The molecule has 0 aromatic heterocycles. The van der Waals surface area contributed by atoms with E-state index in [0.717, 1.165) is 0 Å². The molecule has 0 bridgehead atoms. The summed E-state index contributed by atoms with van der Waals surface area (Å²) in [6, 6.07) is 0. The maximum absolute atomic E-state index is 10.6. The second-order valence-electron chi connectivity index (χ2n) is 2.17. The van der Waals surface area contributed by atoms with Crippen LogP contribution in [0.25, 0.3) is 0 Å². The molecule has 0 aromatic rings. The van der Waals surface area contributed by atoms with E-state index in [1.807, 2.05) is 0 Å². The van der Waals surface area contributed by atoms with Crippen molar-refractivity contribution in [3.05, 3.63) is 6.92 Å². The van der Waals surface area contributed by atoms with E-state index < -0.39 is 0 Å². The van der Waals surface area contributed by atoms with Gasteiger partial charge in [0.25, 0.3) is 0 Å². The predicted octanol–water partition coefficient (Wildman–Crippen LogP) is -1.22. The minimum Gasteiger partial charge on any atom is -0.353 e. The Morgan fingerprint density at radius 1 is 1.70 bits per heavy atom. The van der Waals surface area contributed by atoms with Crippen molar-refractivity contribution in [3.8, 4) is 0 Å². The molecule has 1 N–H and O–H groups in total. The van der Waals surface area contributed by atoms with Gasteiger partial charge in [-0.1, -0.05) is 0 Å². The number of piperazine rings is 1. The smallest absolute Gasteiger partial charge is 0.239 e. The number of nitrogens with one attached hydrogen (secondary N) is 1. The predicted molar refractivity (Wildman–Crippen MR) is 34.9 cm³/mol. The van der Waals surface area contributed by atoms with Crippen molar-refractivity contribution in [3.63, 3.8) is 0 Å². The molecule has 0 saturated carbocycles. The van der Waals surface area contributed by atoms with Crippen molar-refractivity contribution < 1.29 is 9.59 Å². The Balaban J connectivity index is 2.47. The zero-order valence-electron chi connectivity index (χ0n) is 5.59. The van der Waals surface area contributed by atoms with Gasteiger partial charge in [0, 0.05) is 20.0 Å². The number of amides is 2. The van der Waals surface area contributed by atoms with Gasteiger partial charge in [0.05, 0.1) is 6.54 Å². The summed E-state index contributed by atoms with van der Waals surface area (Å²) in [4.78, 5) is 22.6. The van der Waals surface area contributed by atoms with Crippen LogP contribution in [-0.2, 0) is 9.59 Å². The highest BCUT2D eigenvalue weighted by Gasteiger charge is 2.17. The molecule has 1 fully saturated rings. The van der Waals surface area contributed by atoms with Crippen molar-refractivity contribution in [1.82, 2.24) is 10.2 Å². The number of carbonyl (C=O) groups excluding carboxylic acids is 2. The summed E-state index contributed by atoms with van der Waals surface area (Å²) in [7, 11) is 0. The molecule has 0 spiro atoms. The van der Waals surface area contributed by atoms with Gasteiger partial charge < -0.3 is 10.2 Å². The van der Waals surface area contributed by atoms with Gasteiger partial charge in [0.2, 0.25) is 11.8 Å². The van der Waals surface area contributed by atoms with Gasteiger partial charge in [-0.15, -0.1) is 0 Å². The molecule has 1 heterocycles. The van der Waals surface area contributed by atoms with Crippen LogP contribution in [0.5, 0.6) is 0 Å². The Labute approximate surface area is 59.2 Å². The molecule has 55 valence electrons. The van der Waals surface area contributed by atoms with Gasteiger partial charge in [-0.25, -0.2) is 0 Å². The molecule has 0 unspecified atom stereocenters. The van der Waals surface area contributed by atoms with Gasteiger partial charge in [-0.3, -0.25) is 9.59 Å². The molecular weight excluding hydrogens is 132 g/mol. The molecule has 0 aromatic carbocycles. The largest absolute Gasteiger partial charge is 0.353 e. The normalized spacial score (nSPS) is 18.5. The lowest BCUT2D eigenvalue weighted by molar-refractivity contribution is -0.134. The molecule has 1 rings (SSSR count). The lowest BCUT2D eigenvalue weighted by Gasteiger charge is -2.24. The van der Waals surface area contributed by atoms with Crippen LogP contribution in [0.1, 0.15) is 0 Å². The zero-order valence-corrected chi connectivity index (χ0v) is 5.59. The Bertz CT molecular complexity index is 165.